The van der Waals surface area contributed by atoms with Gasteiger partial charge in [0.2, 0.25) is 0 Å². The second kappa shape index (κ2) is 6.57. The molecule has 6 nitrogen and oxygen atoms in total. The van der Waals surface area contributed by atoms with Gasteiger partial charge in [-0.25, -0.2) is 4.98 Å². The van der Waals surface area contributed by atoms with Gasteiger partial charge in [-0.2, -0.15) is 5.26 Å². The fraction of sp³-hybridized carbons (Fsp3) is 0.417. The first-order valence-corrected chi connectivity index (χ1v) is 5.43. The molecule has 0 fully saturated rings. The Hall–Kier alpha value is -2.13. The van der Waals surface area contributed by atoms with E-state index in [1.807, 2.05) is 13.0 Å². The zero-order chi connectivity index (χ0) is 13.5. The molecule has 1 atom stereocenters. The van der Waals surface area contributed by atoms with Crippen molar-refractivity contribution in [1.29, 1.82) is 5.26 Å². The summed E-state index contributed by atoms with van der Waals surface area (Å²) >= 11 is 0. The molecule has 1 heterocycles. The molecule has 0 radical (unpaired) electrons. The minimum atomic E-state index is -0.929. The molecule has 96 valence electrons. The van der Waals surface area contributed by atoms with Gasteiger partial charge in [-0.05, 0) is 19.1 Å². The van der Waals surface area contributed by atoms with Crippen LogP contribution in [0.5, 0.6) is 0 Å². The van der Waals surface area contributed by atoms with E-state index < -0.39 is 12.1 Å². The summed E-state index contributed by atoms with van der Waals surface area (Å²) in [6.45, 7) is 2.10. The van der Waals surface area contributed by atoms with Crippen molar-refractivity contribution in [2.24, 2.45) is 0 Å². The Balaban J connectivity index is 2.70. The van der Waals surface area contributed by atoms with E-state index in [2.05, 4.69) is 10.3 Å². The summed E-state index contributed by atoms with van der Waals surface area (Å²) in [4.78, 5) is 14.8. The maximum absolute atomic E-state index is 10.6. The summed E-state index contributed by atoms with van der Waals surface area (Å²) in [7, 11) is 1.45. The predicted octanol–water partition coefficient (Wildman–Crippen LogP) is 1.16. The third-order valence-corrected chi connectivity index (χ3v) is 2.39. The smallest absolute Gasteiger partial charge is 0.306 e. The summed E-state index contributed by atoms with van der Waals surface area (Å²) in [5, 5.41) is 20.5. The summed E-state index contributed by atoms with van der Waals surface area (Å²) in [6.07, 6.45) is -0.562. The van der Waals surface area contributed by atoms with Crippen LogP contribution in [0.3, 0.4) is 0 Å². The molecule has 0 saturated heterocycles. The Morgan fingerprint density at radius 2 is 2.39 bits per heavy atom. The maximum Gasteiger partial charge on any atom is 0.306 e. The summed E-state index contributed by atoms with van der Waals surface area (Å²) in [5.41, 5.74) is 1.20. The second-order valence-electron chi connectivity index (χ2n) is 3.80. The monoisotopic (exact) mass is 249 g/mol. The number of nitrogens with one attached hydrogen (secondary N) is 1. The Labute approximate surface area is 105 Å². The average Bonchev–Trinajstić information content (AvgIpc) is 2.34. The van der Waals surface area contributed by atoms with E-state index in [-0.39, 0.29) is 13.0 Å². The number of rotatable bonds is 6. The van der Waals surface area contributed by atoms with Crippen molar-refractivity contribution < 1.29 is 14.6 Å². The highest BCUT2D eigenvalue weighted by Gasteiger charge is 2.13. The first-order chi connectivity index (χ1) is 8.56. The third-order valence-electron chi connectivity index (χ3n) is 2.39. The number of pyridine rings is 1. The zero-order valence-corrected chi connectivity index (χ0v) is 10.3. The summed E-state index contributed by atoms with van der Waals surface area (Å²) in [6, 6.07) is 5.44. The number of ether oxygens (including phenoxy) is 1. The average molecular weight is 249 g/mol. The number of carbonyl (C=O) groups is 1. The molecular formula is C12H15N3O3. The van der Waals surface area contributed by atoms with E-state index in [9.17, 15) is 4.79 Å². The highest BCUT2D eigenvalue weighted by atomic mass is 16.5. The third kappa shape index (κ3) is 4.03. The van der Waals surface area contributed by atoms with Gasteiger partial charge in [-0.1, -0.05) is 0 Å². The van der Waals surface area contributed by atoms with Gasteiger partial charge in [0.15, 0.2) is 0 Å². The number of anilines is 1. The lowest BCUT2D eigenvalue weighted by Crippen LogP contribution is -2.25. The molecule has 0 saturated carbocycles. The fourth-order valence-corrected chi connectivity index (χ4v) is 1.43. The zero-order valence-electron chi connectivity index (χ0n) is 10.3. The molecule has 1 unspecified atom stereocenters. The lowest BCUT2D eigenvalue weighted by molar-refractivity contribution is -0.139. The van der Waals surface area contributed by atoms with Gasteiger partial charge in [-0.3, -0.25) is 4.79 Å². The van der Waals surface area contributed by atoms with Crippen molar-refractivity contribution in [3.8, 4) is 6.07 Å². The van der Waals surface area contributed by atoms with Crippen LogP contribution in [-0.2, 0) is 9.53 Å². The number of hydrogen-bond acceptors (Lipinski definition) is 5. The van der Waals surface area contributed by atoms with Gasteiger partial charge in [-0.15, -0.1) is 0 Å². The summed E-state index contributed by atoms with van der Waals surface area (Å²) < 4.78 is 5.03. The number of aryl methyl sites for hydroxylation is 1. The molecule has 0 aromatic carbocycles. The van der Waals surface area contributed by atoms with Gasteiger partial charge >= 0.3 is 5.97 Å². The normalized spacial score (nSPS) is 11.6. The molecule has 1 rings (SSSR count). The molecule has 0 aliphatic rings. The van der Waals surface area contributed by atoms with E-state index in [0.29, 0.717) is 11.4 Å². The Morgan fingerprint density at radius 1 is 1.67 bits per heavy atom. The lowest BCUT2D eigenvalue weighted by atomic mass is 10.2. The number of aliphatic carboxylic acids is 1. The van der Waals surface area contributed by atoms with E-state index in [0.717, 1.165) is 5.69 Å². The number of carboxylic acid groups (broad SMARTS) is 1. The van der Waals surface area contributed by atoms with Gasteiger partial charge in [0.05, 0.1) is 18.1 Å². The van der Waals surface area contributed by atoms with Crippen LogP contribution in [-0.4, -0.2) is 35.8 Å². The number of nitrogens with zero attached hydrogens (tertiary/aromatic N) is 2. The highest BCUT2D eigenvalue weighted by Crippen LogP contribution is 2.12. The Bertz CT molecular complexity index is 468. The van der Waals surface area contributed by atoms with Crippen LogP contribution in [0.15, 0.2) is 12.1 Å². The molecule has 18 heavy (non-hydrogen) atoms. The maximum atomic E-state index is 10.6. The largest absolute Gasteiger partial charge is 0.481 e. The minimum absolute atomic E-state index is 0.1000. The molecule has 0 aliphatic carbocycles. The number of methoxy groups -OCH3 is 1. The van der Waals surface area contributed by atoms with E-state index in [4.69, 9.17) is 15.1 Å². The van der Waals surface area contributed by atoms with Gasteiger partial charge in [0.1, 0.15) is 11.9 Å². The quantitative estimate of drug-likeness (QED) is 0.785. The van der Waals surface area contributed by atoms with Crippen molar-refractivity contribution >= 4 is 11.8 Å². The van der Waals surface area contributed by atoms with Crippen LogP contribution in [0.2, 0.25) is 0 Å². The fourth-order valence-electron chi connectivity index (χ4n) is 1.43. The molecular weight excluding hydrogens is 234 g/mol. The molecule has 0 aliphatic heterocycles. The SMILES string of the molecule is COC(CNc1nc(C)ccc1C#N)CC(=O)O. The van der Waals surface area contributed by atoms with Gasteiger partial charge in [0, 0.05) is 19.3 Å². The molecule has 0 amide bonds. The van der Waals surface area contributed by atoms with Crippen molar-refractivity contribution in [3.05, 3.63) is 23.4 Å². The first kappa shape index (κ1) is 13.9. The summed E-state index contributed by atoms with van der Waals surface area (Å²) in [5.74, 6) is -0.480. The topological polar surface area (TPSA) is 95.2 Å². The molecule has 0 spiro atoms. The van der Waals surface area contributed by atoms with Crippen molar-refractivity contribution in [3.63, 3.8) is 0 Å². The van der Waals surface area contributed by atoms with Crippen LogP contribution < -0.4 is 5.32 Å². The standard InChI is InChI=1S/C12H15N3O3/c1-8-3-4-9(6-13)12(15-8)14-7-10(18-2)5-11(16)17/h3-4,10H,5,7H2,1-2H3,(H,14,15)(H,16,17). The number of nitriles is 1. The number of carboxylic acids is 1. The lowest BCUT2D eigenvalue weighted by Gasteiger charge is -2.15. The molecule has 1 aromatic heterocycles. The van der Waals surface area contributed by atoms with Crippen molar-refractivity contribution in [2.45, 2.75) is 19.4 Å². The highest BCUT2D eigenvalue weighted by molar-refractivity contribution is 5.67. The van der Waals surface area contributed by atoms with E-state index in [1.54, 1.807) is 12.1 Å². The number of hydrogen-bond donors (Lipinski definition) is 2. The van der Waals surface area contributed by atoms with Crippen LogP contribution in [0.1, 0.15) is 17.7 Å². The molecule has 6 heteroatoms. The predicted molar refractivity (Wildman–Crippen MR) is 65.2 cm³/mol. The Morgan fingerprint density at radius 3 is 2.94 bits per heavy atom. The molecule has 0 bridgehead atoms. The van der Waals surface area contributed by atoms with Crippen LogP contribution in [0.25, 0.3) is 0 Å². The van der Waals surface area contributed by atoms with Crippen LogP contribution in [0.4, 0.5) is 5.82 Å². The number of aromatic nitrogens is 1. The van der Waals surface area contributed by atoms with Gasteiger partial charge in [0.25, 0.3) is 0 Å². The molecule has 2 N–H and O–H groups in total. The minimum Gasteiger partial charge on any atom is -0.481 e. The van der Waals surface area contributed by atoms with Gasteiger partial charge < -0.3 is 15.2 Å². The van der Waals surface area contributed by atoms with Crippen molar-refractivity contribution in [1.82, 2.24) is 4.98 Å². The van der Waals surface area contributed by atoms with Crippen molar-refractivity contribution in [2.75, 3.05) is 19.0 Å². The second-order valence-corrected chi connectivity index (χ2v) is 3.80. The van der Waals surface area contributed by atoms with Crippen LogP contribution >= 0.6 is 0 Å². The molecule has 1 aromatic rings. The van der Waals surface area contributed by atoms with Crippen LogP contribution in [0, 0.1) is 18.3 Å². The first-order valence-electron chi connectivity index (χ1n) is 5.43. The van der Waals surface area contributed by atoms with E-state index >= 15 is 0 Å². The van der Waals surface area contributed by atoms with E-state index in [1.165, 1.54) is 7.11 Å². The Kier molecular flexibility index (Phi) is 5.08.